The van der Waals surface area contributed by atoms with Crippen molar-refractivity contribution >= 4 is 21.6 Å². The van der Waals surface area contributed by atoms with Crippen LogP contribution < -0.4 is 10.3 Å². The number of nitrogens with one attached hydrogen (secondary N) is 1. The Kier molecular flexibility index (Phi) is 7.08. The lowest BCUT2D eigenvalue weighted by Crippen LogP contribution is -2.08. The molecule has 0 saturated heterocycles. The van der Waals surface area contributed by atoms with Gasteiger partial charge >= 0.3 is 0 Å². The lowest BCUT2D eigenvalue weighted by atomic mass is 10.1. The number of ether oxygens (including phenoxy) is 1. The molecule has 0 aromatic carbocycles. The van der Waals surface area contributed by atoms with Gasteiger partial charge in [-0.05, 0) is 31.0 Å². The number of nitrogens with zero attached hydrogens (tertiary/aromatic N) is 3. The van der Waals surface area contributed by atoms with Crippen molar-refractivity contribution in [2.75, 3.05) is 6.61 Å². The van der Waals surface area contributed by atoms with Crippen LogP contribution in [-0.4, -0.2) is 26.5 Å². The molecule has 4 heterocycles. The Hall–Kier alpha value is -3.32. The van der Waals surface area contributed by atoms with Gasteiger partial charge in [0, 0.05) is 35.0 Å². The number of hydrogen-bond acceptors (Lipinski definition) is 6. The average molecular weight is 421 g/mol. The van der Waals surface area contributed by atoms with Crippen LogP contribution in [0.4, 0.5) is 0 Å². The van der Waals surface area contributed by atoms with Crippen LogP contribution in [0, 0.1) is 5.92 Å². The van der Waals surface area contributed by atoms with Crippen molar-refractivity contribution in [2.24, 2.45) is 5.92 Å². The summed E-state index contributed by atoms with van der Waals surface area (Å²) >= 11 is 1.37. The van der Waals surface area contributed by atoms with Gasteiger partial charge in [-0.2, -0.15) is 0 Å². The predicted octanol–water partition coefficient (Wildman–Crippen LogP) is 5.34. The van der Waals surface area contributed by atoms with Crippen molar-refractivity contribution < 1.29 is 4.74 Å². The van der Waals surface area contributed by atoms with Gasteiger partial charge in [-0.25, -0.2) is 9.97 Å². The predicted molar refractivity (Wildman–Crippen MR) is 123 cm³/mol. The van der Waals surface area contributed by atoms with Gasteiger partial charge in [0.05, 0.1) is 12.1 Å². The number of fused-ring (bicyclic) bond motifs is 1. The van der Waals surface area contributed by atoms with Crippen LogP contribution in [0.5, 0.6) is 5.88 Å². The molecule has 0 aliphatic rings. The van der Waals surface area contributed by atoms with E-state index in [4.69, 9.17) is 4.74 Å². The maximum atomic E-state index is 12.5. The van der Waals surface area contributed by atoms with E-state index < -0.39 is 0 Å². The number of pyridine rings is 2. The molecule has 4 rings (SSSR count). The van der Waals surface area contributed by atoms with Crippen molar-refractivity contribution in [3.05, 3.63) is 71.1 Å². The van der Waals surface area contributed by atoms with Gasteiger partial charge in [-0.15, -0.1) is 17.9 Å². The quantitative estimate of drug-likeness (QED) is 0.441. The SMILES string of the molecule is C=CC.CC(C)COc1ccc(-c2csc3c(=O)[nH]c(-c4ccccn4)nc23)cn1. The van der Waals surface area contributed by atoms with Crippen LogP contribution in [0.3, 0.4) is 0 Å². The van der Waals surface area contributed by atoms with Crippen molar-refractivity contribution in [1.29, 1.82) is 0 Å². The van der Waals surface area contributed by atoms with Crippen LogP contribution >= 0.6 is 11.3 Å². The second-order valence-corrected chi connectivity index (χ2v) is 7.83. The molecular formula is C23H24N4O2S. The van der Waals surface area contributed by atoms with Crippen LogP contribution in [0.15, 0.2) is 65.6 Å². The average Bonchev–Trinajstić information content (AvgIpc) is 3.18. The molecule has 154 valence electrons. The summed E-state index contributed by atoms with van der Waals surface area (Å²) in [6.07, 6.45) is 5.17. The van der Waals surface area contributed by atoms with Gasteiger partial charge in [0.25, 0.3) is 5.56 Å². The summed E-state index contributed by atoms with van der Waals surface area (Å²) < 4.78 is 6.22. The summed E-state index contributed by atoms with van der Waals surface area (Å²) in [4.78, 5) is 28.6. The number of hydrogen-bond donors (Lipinski definition) is 1. The first-order chi connectivity index (χ1) is 14.5. The fraction of sp³-hybridized carbons (Fsp3) is 0.217. The van der Waals surface area contributed by atoms with Gasteiger partial charge in [0.2, 0.25) is 5.88 Å². The molecule has 0 saturated carbocycles. The van der Waals surface area contributed by atoms with E-state index in [0.717, 1.165) is 11.1 Å². The minimum Gasteiger partial charge on any atom is -0.477 e. The Morgan fingerprint density at radius 3 is 2.67 bits per heavy atom. The minimum absolute atomic E-state index is 0.165. The molecule has 0 spiro atoms. The Morgan fingerprint density at radius 2 is 2.03 bits per heavy atom. The fourth-order valence-corrected chi connectivity index (χ4v) is 3.54. The monoisotopic (exact) mass is 420 g/mol. The third kappa shape index (κ3) is 4.99. The van der Waals surface area contributed by atoms with E-state index in [2.05, 4.69) is 40.4 Å². The molecule has 0 fully saturated rings. The van der Waals surface area contributed by atoms with Gasteiger partial charge in [-0.3, -0.25) is 9.78 Å². The first-order valence-corrected chi connectivity index (χ1v) is 10.5. The lowest BCUT2D eigenvalue weighted by Gasteiger charge is -2.08. The topological polar surface area (TPSA) is 80.8 Å². The molecule has 0 unspecified atom stereocenters. The second-order valence-electron chi connectivity index (χ2n) is 6.95. The molecule has 4 aromatic rings. The van der Waals surface area contributed by atoms with Gasteiger partial charge in [0.15, 0.2) is 5.82 Å². The van der Waals surface area contributed by atoms with E-state index in [9.17, 15) is 4.79 Å². The van der Waals surface area contributed by atoms with Crippen LogP contribution in [0.2, 0.25) is 0 Å². The van der Waals surface area contributed by atoms with Gasteiger partial charge in [0.1, 0.15) is 10.4 Å². The molecule has 6 nitrogen and oxygen atoms in total. The van der Waals surface area contributed by atoms with Crippen molar-refractivity contribution in [3.63, 3.8) is 0 Å². The van der Waals surface area contributed by atoms with Crippen molar-refractivity contribution in [3.8, 4) is 28.5 Å². The zero-order valence-electron chi connectivity index (χ0n) is 17.3. The number of H-pyrrole nitrogens is 1. The Bertz CT molecular complexity index is 1170. The number of aromatic amines is 1. The van der Waals surface area contributed by atoms with E-state index in [1.165, 1.54) is 11.3 Å². The van der Waals surface area contributed by atoms with Crippen molar-refractivity contribution in [1.82, 2.24) is 19.9 Å². The number of allylic oxidation sites excluding steroid dienone is 1. The fourth-order valence-electron chi connectivity index (χ4n) is 2.63. The lowest BCUT2D eigenvalue weighted by molar-refractivity contribution is 0.261. The van der Waals surface area contributed by atoms with E-state index in [1.807, 2.05) is 42.6 Å². The highest BCUT2D eigenvalue weighted by atomic mass is 32.1. The highest BCUT2D eigenvalue weighted by molar-refractivity contribution is 7.17. The van der Waals surface area contributed by atoms with E-state index >= 15 is 0 Å². The number of rotatable bonds is 5. The minimum atomic E-state index is -0.165. The van der Waals surface area contributed by atoms with Crippen LogP contribution in [-0.2, 0) is 0 Å². The zero-order valence-corrected chi connectivity index (χ0v) is 18.1. The number of aromatic nitrogens is 4. The molecule has 30 heavy (non-hydrogen) atoms. The largest absolute Gasteiger partial charge is 0.477 e. The molecule has 1 N–H and O–H groups in total. The third-order valence-electron chi connectivity index (χ3n) is 3.95. The molecule has 4 aromatic heterocycles. The molecule has 0 atom stereocenters. The summed E-state index contributed by atoms with van der Waals surface area (Å²) in [5.41, 5.74) is 2.89. The standard InChI is InChI=1S/C20H18N4O2S.C3H6/c1-12(2)10-26-16-7-6-13(9-22-16)14-11-27-18-17(14)23-19(24-20(18)25)15-5-3-4-8-21-15;1-3-2/h3-9,11-12H,10H2,1-2H3,(H,23,24,25);3H,1H2,2H3. The van der Waals surface area contributed by atoms with Gasteiger partial charge in [-0.1, -0.05) is 26.0 Å². The Labute approximate surface area is 179 Å². The van der Waals surface area contributed by atoms with E-state index in [1.54, 1.807) is 18.5 Å². The molecule has 0 bridgehead atoms. The number of thiophene rings is 1. The van der Waals surface area contributed by atoms with E-state index in [-0.39, 0.29) is 5.56 Å². The molecular weight excluding hydrogens is 396 g/mol. The highest BCUT2D eigenvalue weighted by Crippen LogP contribution is 2.32. The van der Waals surface area contributed by atoms with Crippen molar-refractivity contribution in [2.45, 2.75) is 20.8 Å². The second kappa shape index (κ2) is 9.93. The molecule has 0 aliphatic carbocycles. The molecule has 7 heteroatoms. The highest BCUT2D eigenvalue weighted by Gasteiger charge is 2.14. The van der Waals surface area contributed by atoms with Crippen LogP contribution in [0.25, 0.3) is 32.9 Å². The molecule has 0 aliphatic heterocycles. The first kappa shape index (κ1) is 21.4. The Balaban J connectivity index is 0.000000806. The van der Waals surface area contributed by atoms with E-state index in [0.29, 0.717) is 40.1 Å². The zero-order chi connectivity index (χ0) is 21.5. The Morgan fingerprint density at radius 1 is 1.23 bits per heavy atom. The first-order valence-electron chi connectivity index (χ1n) is 9.62. The molecule has 0 radical (unpaired) electrons. The summed E-state index contributed by atoms with van der Waals surface area (Å²) in [6.45, 7) is 10.1. The summed E-state index contributed by atoms with van der Waals surface area (Å²) in [6, 6.07) is 9.28. The van der Waals surface area contributed by atoms with Crippen LogP contribution in [0.1, 0.15) is 20.8 Å². The summed E-state index contributed by atoms with van der Waals surface area (Å²) in [5.74, 6) is 1.48. The smallest absolute Gasteiger partial charge is 0.269 e. The maximum absolute atomic E-state index is 12.5. The maximum Gasteiger partial charge on any atom is 0.269 e. The normalized spacial score (nSPS) is 10.5. The summed E-state index contributed by atoms with van der Waals surface area (Å²) in [7, 11) is 0. The third-order valence-corrected chi connectivity index (χ3v) is 4.91. The molecule has 0 amide bonds. The van der Waals surface area contributed by atoms with Gasteiger partial charge < -0.3 is 9.72 Å². The summed E-state index contributed by atoms with van der Waals surface area (Å²) in [5, 5.41) is 1.93.